The molecule has 0 radical (unpaired) electrons. The highest BCUT2D eigenvalue weighted by atomic mass is 35.5. The lowest BCUT2D eigenvalue weighted by atomic mass is 9.66. The smallest absolute Gasteiger partial charge is 0.276 e. The van der Waals surface area contributed by atoms with Gasteiger partial charge in [0.05, 0.1) is 15.7 Å². The van der Waals surface area contributed by atoms with E-state index in [2.05, 4.69) is 5.32 Å². The van der Waals surface area contributed by atoms with Crippen molar-refractivity contribution in [2.75, 3.05) is 4.90 Å². The number of anilines is 1. The van der Waals surface area contributed by atoms with E-state index in [1.165, 1.54) is 18.2 Å². The predicted molar refractivity (Wildman–Crippen MR) is 73.8 cm³/mol. The zero-order valence-electron chi connectivity index (χ0n) is 10.3. The van der Waals surface area contributed by atoms with Gasteiger partial charge in [0, 0.05) is 0 Å². The second-order valence-electron chi connectivity index (χ2n) is 4.93. The van der Waals surface area contributed by atoms with Gasteiger partial charge in [-0.25, -0.2) is 9.69 Å². The summed E-state index contributed by atoms with van der Waals surface area (Å²) >= 11 is 11.7. The summed E-state index contributed by atoms with van der Waals surface area (Å²) in [5.41, 5.74) is -0.791. The molecule has 1 aliphatic heterocycles. The van der Waals surface area contributed by atoms with Crippen molar-refractivity contribution in [1.82, 2.24) is 5.32 Å². The van der Waals surface area contributed by atoms with Gasteiger partial charge in [0.15, 0.2) is 0 Å². The van der Waals surface area contributed by atoms with Crippen LogP contribution < -0.4 is 10.2 Å². The van der Waals surface area contributed by atoms with Crippen LogP contribution in [0, 0.1) is 5.41 Å². The molecule has 1 aromatic rings. The molecule has 4 amide bonds. The standard InChI is InChI=1S/C13H10Cl2N2O3/c14-8-3-2-7(6-9(8)15)17-11(19)13(4-1-5-13)10(18)16-12(17)20/h2-3,6H,1,4-5H2,(H,16,18,20). The number of amides is 4. The van der Waals surface area contributed by atoms with Crippen LogP contribution in [0.2, 0.25) is 10.0 Å². The molecule has 1 heterocycles. The van der Waals surface area contributed by atoms with Crippen molar-refractivity contribution >= 4 is 46.7 Å². The van der Waals surface area contributed by atoms with Crippen LogP contribution >= 0.6 is 23.2 Å². The normalized spacial score (nSPS) is 20.9. The Morgan fingerprint density at radius 2 is 1.80 bits per heavy atom. The highest BCUT2D eigenvalue weighted by molar-refractivity contribution is 6.42. The molecule has 0 bridgehead atoms. The summed E-state index contributed by atoms with van der Waals surface area (Å²) in [4.78, 5) is 37.3. The molecule has 2 fully saturated rings. The molecule has 5 nitrogen and oxygen atoms in total. The minimum Gasteiger partial charge on any atom is -0.276 e. The summed E-state index contributed by atoms with van der Waals surface area (Å²) < 4.78 is 0. The second-order valence-corrected chi connectivity index (χ2v) is 5.75. The SMILES string of the molecule is O=C1NC(=O)C2(CCC2)C(=O)N1c1ccc(Cl)c(Cl)c1. The molecule has 0 aromatic heterocycles. The number of rotatable bonds is 1. The third kappa shape index (κ3) is 1.73. The van der Waals surface area contributed by atoms with E-state index in [-0.39, 0.29) is 5.02 Å². The zero-order valence-corrected chi connectivity index (χ0v) is 11.8. The Morgan fingerprint density at radius 1 is 1.10 bits per heavy atom. The first-order chi connectivity index (χ1) is 9.45. The van der Waals surface area contributed by atoms with Crippen LogP contribution in [-0.4, -0.2) is 17.8 Å². The average molecular weight is 313 g/mol. The van der Waals surface area contributed by atoms with E-state index >= 15 is 0 Å². The Labute approximate surface area is 124 Å². The van der Waals surface area contributed by atoms with Gasteiger partial charge in [-0.2, -0.15) is 0 Å². The van der Waals surface area contributed by atoms with Crippen LogP contribution in [0.5, 0.6) is 0 Å². The molecule has 1 aromatic carbocycles. The van der Waals surface area contributed by atoms with Crippen molar-refractivity contribution in [3.05, 3.63) is 28.2 Å². The summed E-state index contributed by atoms with van der Waals surface area (Å²) in [6.07, 6.45) is 1.72. The fourth-order valence-corrected chi connectivity index (χ4v) is 2.80. The monoisotopic (exact) mass is 312 g/mol. The van der Waals surface area contributed by atoms with Gasteiger partial charge in [0.1, 0.15) is 5.41 Å². The summed E-state index contributed by atoms with van der Waals surface area (Å²) in [7, 11) is 0. The Hall–Kier alpha value is -1.59. The second kappa shape index (κ2) is 4.46. The largest absolute Gasteiger partial charge is 0.335 e. The number of carbonyl (C=O) groups is 3. The minimum atomic E-state index is -1.10. The maximum atomic E-state index is 12.5. The molecule has 1 aliphatic carbocycles. The first-order valence-corrected chi connectivity index (χ1v) is 6.86. The molecule has 3 rings (SSSR count). The molecule has 2 aliphatic rings. The van der Waals surface area contributed by atoms with Crippen molar-refractivity contribution in [2.45, 2.75) is 19.3 Å². The molecule has 1 saturated carbocycles. The van der Waals surface area contributed by atoms with Crippen molar-refractivity contribution in [1.29, 1.82) is 0 Å². The van der Waals surface area contributed by atoms with Crippen molar-refractivity contribution in [3.63, 3.8) is 0 Å². The first kappa shape index (κ1) is 13.4. The number of hydrogen-bond acceptors (Lipinski definition) is 3. The van der Waals surface area contributed by atoms with Crippen molar-refractivity contribution < 1.29 is 14.4 Å². The van der Waals surface area contributed by atoms with Gasteiger partial charge in [0.2, 0.25) is 5.91 Å². The third-order valence-corrected chi connectivity index (χ3v) is 4.58. The van der Waals surface area contributed by atoms with E-state index in [1.54, 1.807) is 0 Å². The van der Waals surface area contributed by atoms with Gasteiger partial charge < -0.3 is 0 Å². The van der Waals surface area contributed by atoms with E-state index in [0.29, 0.717) is 23.6 Å². The lowest BCUT2D eigenvalue weighted by Crippen LogP contribution is -2.66. The number of halogens is 2. The summed E-state index contributed by atoms with van der Waals surface area (Å²) in [6, 6.07) is 3.71. The number of barbiturate groups is 1. The van der Waals surface area contributed by atoms with Crippen LogP contribution in [0.25, 0.3) is 0 Å². The van der Waals surface area contributed by atoms with Crippen LogP contribution in [-0.2, 0) is 9.59 Å². The van der Waals surface area contributed by atoms with Crippen molar-refractivity contribution in [2.24, 2.45) is 5.41 Å². The van der Waals surface area contributed by atoms with Gasteiger partial charge in [-0.3, -0.25) is 14.9 Å². The molecule has 0 unspecified atom stereocenters. The van der Waals surface area contributed by atoms with Crippen molar-refractivity contribution in [3.8, 4) is 0 Å². The first-order valence-electron chi connectivity index (χ1n) is 6.11. The molecular weight excluding hydrogens is 303 g/mol. The quantitative estimate of drug-likeness (QED) is 0.811. The summed E-state index contributed by atoms with van der Waals surface area (Å²) in [6.45, 7) is 0. The zero-order chi connectivity index (χ0) is 14.5. The van der Waals surface area contributed by atoms with Crippen LogP contribution in [0.1, 0.15) is 19.3 Å². The Balaban J connectivity index is 2.03. The van der Waals surface area contributed by atoms with Crippen LogP contribution in [0.15, 0.2) is 18.2 Å². The number of nitrogens with zero attached hydrogens (tertiary/aromatic N) is 1. The van der Waals surface area contributed by atoms with Gasteiger partial charge in [-0.15, -0.1) is 0 Å². The maximum Gasteiger partial charge on any atom is 0.335 e. The van der Waals surface area contributed by atoms with E-state index in [9.17, 15) is 14.4 Å². The predicted octanol–water partition coefficient (Wildman–Crippen LogP) is 2.75. The topological polar surface area (TPSA) is 66.5 Å². The number of carbonyl (C=O) groups excluding carboxylic acids is 3. The Bertz CT molecular complexity index is 641. The average Bonchev–Trinajstić information content (AvgIpc) is 2.31. The molecule has 20 heavy (non-hydrogen) atoms. The molecule has 1 saturated heterocycles. The van der Waals surface area contributed by atoms with Gasteiger partial charge in [-0.05, 0) is 31.0 Å². The highest BCUT2D eigenvalue weighted by Crippen LogP contribution is 2.45. The van der Waals surface area contributed by atoms with Gasteiger partial charge in [0.25, 0.3) is 5.91 Å². The fourth-order valence-electron chi connectivity index (χ4n) is 2.51. The van der Waals surface area contributed by atoms with Gasteiger partial charge in [-0.1, -0.05) is 29.6 Å². The number of benzene rings is 1. The molecule has 104 valence electrons. The summed E-state index contributed by atoms with van der Waals surface area (Å²) in [5.74, 6) is -0.994. The number of imide groups is 2. The minimum absolute atomic E-state index is 0.240. The van der Waals surface area contributed by atoms with Crippen LogP contribution in [0.3, 0.4) is 0 Å². The van der Waals surface area contributed by atoms with E-state index < -0.39 is 23.3 Å². The van der Waals surface area contributed by atoms with Crippen LogP contribution in [0.4, 0.5) is 10.5 Å². The molecule has 1 N–H and O–H groups in total. The Morgan fingerprint density at radius 3 is 2.35 bits per heavy atom. The lowest BCUT2D eigenvalue weighted by molar-refractivity contribution is -0.148. The highest BCUT2D eigenvalue weighted by Gasteiger charge is 2.57. The molecule has 7 heteroatoms. The van der Waals surface area contributed by atoms with E-state index in [0.717, 1.165) is 11.3 Å². The molecule has 1 spiro atoms. The fraction of sp³-hybridized carbons (Fsp3) is 0.308. The lowest BCUT2D eigenvalue weighted by Gasteiger charge is -2.44. The number of urea groups is 1. The third-order valence-electron chi connectivity index (χ3n) is 3.84. The van der Waals surface area contributed by atoms with Gasteiger partial charge >= 0.3 is 6.03 Å². The van der Waals surface area contributed by atoms with E-state index in [4.69, 9.17) is 23.2 Å². The summed E-state index contributed by atoms with van der Waals surface area (Å²) in [5, 5.41) is 2.80. The van der Waals surface area contributed by atoms with E-state index in [1.807, 2.05) is 0 Å². The number of hydrogen-bond donors (Lipinski definition) is 1. The number of nitrogens with one attached hydrogen (secondary N) is 1. The maximum absolute atomic E-state index is 12.5. The molecule has 0 atom stereocenters. The molecular formula is C13H10Cl2N2O3. The Kier molecular flexibility index (Phi) is 2.99.